The van der Waals surface area contributed by atoms with Gasteiger partial charge in [-0.25, -0.2) is 0 Å². The van der Waals surface area contributed by atoms with Crippen LogP contribution in [0.4, 0.5) is 0 Å². The number of rotatable bonds is 8. The molecule has 1 aliphatic rings. The van der Waals surface area contributed by atoms with E-state index in [1.165, 1.54) is 12.0 Å². The molecule has 7 heteroatoms. The Hall–Kier alpha value is -3.32. The summed E-state index contributed by atoms with van der Waals surface area (Å²) in [7, 11) is 4.64. The lowest BCUT2D eigenvalue weighted by Crippen LogP contribution is -2.31. The van der Waals surface area contributed by atoms with Crippen LogP contribution in [0.5, 0.6) is 11.5 Å². The molecule has 1 aliphatic heterocycles. The highest BCUT2D eigenvalue weighted by molar-refractivity contribution is 6.46. The topological polar surface area (TPSA) is 85.3 Å². The Balaban J connectivity index is 2.17. The summed E-state index contributed by atoms with van der Waals surface area (Å²) in [6.45, 7) is 2.64. The number of nitrogens with zero attached hydrogens (tertiary/aromatic N) is 1. The largest absolute Gasteiger partial charge is 0.507 e. The zero-order chi connectivity index (χ0) is 22.5. The van der Waals surface area contributed by atoms with Crippen molar-refractivity contribution in [2.24, 2.45) is 0 Å². The number of carbonyl (C=O) groups is 2. The molecule has 1 atom stereocenters. The molecular formula is C24H27NO6. The van der Waals surface area contributed by atoms with Crippen LogP contribution in [0.25, 0.3) is 5.76 Å². The van der Waals surface area contributed by atoms with E-state index >= 15 is 0 Å². The number of ketones is 1. The standard InChI is InChI=1S/C24H27NO6/c1-15-6-11-19(31-4)18(14-15)22(26)20-21(16-7-9-17(30-3)10-8-16)25(12-5-13-29-2)24(28)23(20)27/h6-11,14,21,26H,5,12-13H2,1-4H3/b22-20+. The Morgan fingerprint density at radius 2 is 1.74 bits per heavy atom. The highest BCUT2D eigenvalue weighted by atomic mass is 16.5. The van der Waals surface area contributed by atoms with Crippen molar-refractivity contribution < 1.29 is 28.9 Å². The molecule has 3 rings (SSSR count). The van der Waals surface area contributed by atoms with Crippen LogP contribution >= 0.6 is 0 Å². The number of aryl methyl sites for hydroxylation is 1. The van der Waals surface area contributed by atoms with Crippen LogP contribution in [0.15, 0.2) is 48.0 Å². The Morgan fingerprint density at radius 3 is 2.35 bits per heavy atom. The van der Waals surface area contributed by atoms with E-state index in [0.717, 1.165) is 5.56 Å². The van der Waals surface area contributed by atoms with Gasteiger partial charge >= 0.3 is 0 Å². The van der Waals surface area contributed by atoms with E-state index in [2.05, 4.69) is 0 Å². The summed E-state index contributed by atoms with van der Waals surface area (Å²) in [4.78, 5) is 27.4. The van der Waals surface area contributed by atoms with Gasteiger partial charge in [0.1, 0.15) is 17.3 Å². The van der Waals surface area contributed by atoms with Crippen LogP contribution in [-0.4, -0.2) is 56.2 Å². The number of amides is 1. The van der Waals surface area contributed by atoms with Crippen molar-refractivity contribution in [2.75, 3.05) is 34.5 Å². The lowest BCUT2D eigenvalue weighted by molar-refractivity contribution is -0.140. The first kappa shape index (κ1) is 22.4. The fourth-order valence-electron chi connectivity index (χ4n) is 3.77. The van der Waals surface area contributed by atoms with Gasteiger partial charge in [-0.15, -0.1) is 0 Å². The van der Waals surface area contributed by atoms with Crippen LogP contribution in [0, 0.1) is 6.92 Å². The summed E-state index contributed by atoms with van der Waals surface area (Å²) < 4.78 is 15.7. The van der Waals surface area contributed by atoms with Crippen molar-refractivity contribution in [3.05, 3.63) is 64.7 Å². The molecule has 2 aromatic rings. The van der Waals surface area contributed by atoms with E-state index in [-0.39, 0.29) is 11.3 Å². The third kappa shape index (κ3) is 4.41. The van der Waals surface area contributed by atoms with Crippen LogP contribution in [0.2, 0.25) is 0 Å². The van der Waals surface area contributed by atoms with Crippen molar-refractivity contribution in [3.63, 3.8) is 0 Å². The summed E-state index contributed by atoms with van der Waals surface area (Å²) in [5.74, 6) is -0.555. The van der Waals surface area contributed by atoms with Crippen molar-refractivity contribution >= 4 is 17.4 Å². The van der Waals surface area contributed by atoms with Gasteiger partial charge in [0.2, 0.25) is 0 Å². The van der Waals surface area contributed by atoms with Gasteiger partial charge in [-0.05, 0) is 43.2 Å². The summed E-state index contributed by atoms with van der Waals surface area (Å²) >= 11 is 0. The zero-order valence-corrected chi connectivity index (χ0v) is 18.2. The predicted molar refractivity (Wildman–Crippen MR) is 116 cm³/mol. The average Bonchev–Trinajstić information content (AvgIpc) is 3.03. The van der Waals surface area contributed by atoms with Crippen molar-refractivity contribution in [1.82, 2.24) is 4.90 Å². The van der Waals surface area contributed by atoms with E-state index in [1.807, 2.05) is 13.0 Å². The van der Waals surface area contributed by atoms with Crippen LogP contribution in [-0.2, 0) is 14.3 Å². The molecule has 0 bridgehead atoms. The molecule has 31 heavy (non-hydrogen) atoms. The third-order valence-corrected chi connectivity index (χ3v) is 5.33. The maximum absolute atomic E-state index is 13.0. The molecule has 1 saturated heterocycles. The molecule has 1 unspecified atom stereocenters. The summed E-state index contributed by atoms with van der Waals surface area (Å²) in [5, 5.41) is 11.2. The maximum atomic E-state index is 13.0. The second-order valence-electron chi connectivity index (χ2n) is 7.32. The van der Waals surface area contributed by atoms with Crippen molar-refractivity contribution in [3.8, 4) is 11.5 Å². The minimum Gasteiger partial charge on any atom is -0.507 e. The van der Waals surface area contributed by atoms with E-state index in [1.54, 1.807) is 50.6 Å². The van der Waals surface area contributed by atoms with Gasteiger partial charge < -0.3 is 24.2 Å². The number of aliphatic hydroxyl groups is 1. The average molecular weight is 425 g/mol. The molecule has 164 valence electrons. The van der Waals surface area contributed by atoms with E-state index < -0.39 is 17.7 Å². The summed E-state index contributed by atoms with van der Waals surface area (Å²) in [6, 6.07) is 11.7. The lowest BCUT2D eigenvalue weighted by atomic mass is 9.94. The molecule has 0 radical (unpaired) electrons. The highest BCUT2D eigenvalue weighted by Gasteiger charge is 2.46. The number of likely N-dealkylation sites (tertiary alicyclic amines) is 1. The van der Waals surface area contributed by atoms with E-state index in [0.29, 0.717) is 42.2 Å². The van der Waals surface area contributed by atoms with Crippen LogP contribution in [0.3, 0.4) is 0 Å². The molecule has 0 saturated carbocycles. The molecule has 1 N–H and O–H groups in total. The predicted octanol–water partition coefficient (Wildman–Crippen LogP) is 3.47. The quantitative estimate of drug-likeness (QED) is 0.302. The molecule has 1 fully saturated rings. The van der Waals surface area contributed by atoms with Gasteiger partial charge in [-0.3, -0.25) is 9.59 Å². The monoisotopic (exact) mass is 425 g/mol. The number of Topliss-reactive ketones (excluding diaryl/α,β-unsaturated/α-hetero) is 1. The minimum absolute atomic E-state index is 0.0384. The van der Waals surface area contributed by atoms with Gasteiger partial charge in [0, 0.05) is 20.3 Å². The van der Waals surface area contributed by atoms with Gasteiger partial charge in [0.05, 0.1) is 31.4 Å². The number of carbonyl (C=O) groups excluding carboxylic acids is 2. The second-order valence-corrected chi connectivity index (χ2v) is 7.32. The SMILES string of the molecule is COCCCN1C(=O)C(=O)/C(=C(/O)c2cc(C)ccc2OC)C1c1ccc(OC)cc1. The molecular weight excluding hydrogens is 398 g/mol. The third-order valence-electron chi connectivity index (χ3n) is 5.33. The molecule has 0 spiro atoms. The van der Waals surface area contributed by atoms with E-state index in [4.69, 9.17) is 14.2 Å². The van der Waals surface area contributed by atoms with Gasteiger partial charge in [0.25, 0.3) is 11.7 Å². The number of aliphatic hydroxyl groups excluding tert-OH is 1. The number of hydrogen-bond acceptors (Lipinski definition) is 6. The smallest absolute Gasteiger partial charge is 0.295 e. The first-order chi connectivity index (χ1) is 14.9. The first-order valence-corrected chi connectivity index (χ1v) is 9.99. The summed E-state index contributed by atoms with van der Waals surface area (Å²) in [5.41, 5.74) is 2.00. The Bertz CT molecular complexity index is 996. The van der Waals surface area contributed by atoms with Gasteiger partial charge in [-0.1, -0.05) is 23.8 Å². The minimum atomic E-state index is -0.729. The fourth-order valence-corrected chi connectivity index (χ4v) is 3.77. The van der Waals surface area contributed by atoms with Crippen molar-refractivity contribution in [2.45, 2.75) is 19.4 Å². The van der Waals surface area contributed by atoms with E-state index in [9.17, 15) is 14.7 Å². The van der Waals surface area contributed by atoms with Crippen LogP contribution < -0.4 is 9.47 Å². The Kier molecular flexibility index (Phi) is 6.97. The van der Waals surface area contributed by atoms with Crippen molar-refractivity contribution in [1.29, 1.82) is 0 Å². The Morgan fingerprint density at radius 1 is 1.03 bits per heavy atom. The number of benzene rings is 2. The van der Waals surface area contributed by atoms with Gasteiger partial charge in [-0.2, -0.15) is 0 Å². The number of ether oxygens (including phenoxy) is 3. The summed E-state index contributed by atoms with van der Waals surface area (Å²) in [6.07, 6.45) is 0.560. The molecule has 0 aliphatic carbocycles. The number of methoxy groups -OCH3 is 3. The molecule has 2 aromatic carbocycles. The lowest BCUT2D eigenvalue weighted by Gasteiger charge is -2.25. The second kappa shape index (κ2) is 9.66. The van der Waals surface area contributed by atoms with Crippen LogP contribution in [0.1, 0.15) is 29.2 Å². The zero-order valence-electron chi connectivity index (χ0n) is 18.2. The normalized spacial score (nSPS) is 17.8. The Labute approximate surface area is 181 Å². The fraction of sp³-hybridized carbons (Fsp3) is 0.333. The molecule has 1 amide bonds. The molecule has 7 nitrogen and oxygen atoms in total. The first-order valence-electron chi connectivity index (χ1n) is 9.99. The molecule has 0 aromatic heterocycles. The number of hydrogen-bond donors (Lipinski definition) is 1. The van der Waals surface area contributed by atoms with Gasteiger partial charge in [0.15, 0.2) is 0 Å². The highest BCUT2D eigenvalue weighted by Crippen LogP contribution is 2.41. The maximum Gasteiger partial charge on any atom is 0.295 e. The molecule has 1 heterocycles.